The second kappa shape index (κ2) is 5.11. The van der Waals surface area contributed by atoms with Gasteiger partial charge in [0.2, 0.25) is 5.91 Å². The van der Waals surface area contributed by atoms with E-state index in [4.69, 9.17) is 0 Å². The van der Waals surface area contributed by atoms with Crippen LogP contribution in [0.25, 0.3) is 0 Å². The minimum atomic E-state index is -0.505. The van der Waals surface area contributed by atoms with Crippen LogP contribution >= 0.6 is 0 Å². The Bertz CT molecular complexity index is 421. The van der Waals surface area contributed by atoms with Gasteiger partial charge in [0.05, 0.1) is 12.0 Å². The monoisotopic (exact) mass is 247 g/mol. The second-order valence-electron chi connectivity index (χ2n) is 5.32. The molecule has 1 aromatic rings. The lowest BCUT2D eigenvalue weighted by Gasteiger charge is -2.13. The summed E-state index contributed by atoms with van der Waals surface area (Å²) in [5, 5.41) is 12.1. The number of benzene rings is 1. The van der Waals surface area contributed by atoms with Gasteiger partial charge in [-0.2, -0.15) is 0 Å². The number of hydrogen-bond acceptors (Lipinski definition) is 2. The molecule has 1 aromatic carbocycles. The van der Waals surface area contributed by atoms with E-state index in [0.717, 1.165) is 24.9 Å². The molecule has 0 aromatic heterocycles. The first kappa shape index (κ1) is 13.1. The van der Waals surface area contributed by atoms with E-state index in [1.165, 1.54) is 5.56 Å². The summed E-state index contributed by atoms with van der Waals surface area (Å²) >= 11 is 0. The molecule has 0 radical (unpaired) electrons. The first-order valence-electron chi connectivity index (χ1n) is 6.63. The van der Waals surface area contributed by atoms with Gasteiger partial charge < -0.3 is 10.4 Å². The molecule has 0 bridgehead atoms. The van der Waals surface area contributed by atoms with Gasteiger partial charge in [-0.25, -0.2) is 0 Å². The first-order chi connectivity index (χ1) is 8.61. The summed E-state index contributed by atoms with van der Waals surface area (Å²) < 4.78 is 0. The number of aliphatic hydroxyl groups is 1. The molecule has 1 amide bonds. The van der Waals surface area contributed by atoms with E-state index in [2.05, 4.69) is 31.3 Å². The van der Waals surface area contributed by atoms with Gasteiger partial charge >= 0.3 is 0 Å². The summed E-state index contributed by atoms with van der Waals surface area (Å²) in [6, 6.07) is 7.99. The van der Waals surface area contributed by atoms with Crippen LogP contribution in [0.1, 0.15) is 44.6 Å². The van der Waals surface area contributed by atoms with Crippen molar-refractivity contribution in [2.24, 2.45) is 5.41 Å². The summed E-state index contributed by atoms with van der Waals surface area (Å²) in [7, 11) is 0. The fourth-order valence-electron chi connectivity index (χ4n) is 2.00. The molecule has 0 aliphatic heterocycles. The molecule has 98 valence electrons. The molecule has 2 rings (SSSR count). The number of carbonyl (C=O) groups is 1. The Balaban J connectivity index is 2.00. The number of aliphatic hydroxyl groups excluding tert-OH is 1. The van der Waals surface area contributed by atoms with Crippen molar-refractivity contribution >= 4 is 11.6 Å². The van der Waals surface area contributed by atoms with Crippen molar-refractivity contribution in [3.63, 3.8) is 0 Å². The van der Waals surface area contributed by atoms with E-state index in [1.54, 1.807) is 0 Å². The van der Waals surface area contributed by atoms with Crippen molar-refractivity contribution in [3.8, 4) is 0 Å². The molecule has 1 aliphatic carbocycles. The molecule has 18 heavy (non-hydrogen) atoms. The number of carbonyl (C=O) groups excluding carboxylic acids is 1. The molecule has 3 heteroatoms. The maximum Gasteiger partial charge on any atom is 0.232 e. The van der Waals surface area contributed by atoms with Crippen LogP contribution in [0, 0.1) is 5.41 Å². The highest BCUT2D eigenvalue weighted by atomic mass is 16.3. The van der Waals surface area contributed by atoms with Crippen LogP contribution in [0.4, 0.5) is 5.69 Å². The van der Waals surface area contributed by atoms with Crippen LogP contribution in [0.2, 0.25) is 0 Å². The Hall–Kier alpha value is -1.35. The molecule has 0 saturated heterocycles. The highest BCUT2D eigenvalue weighted by Gasteiger charge is 2.49. The van der Waals surface area contributed by atoms with Gasteiger partial charge in [-0.3, -0.25) is 4.79 Å². The van der Waals surface area contributed by atoms with Crippen LogP contribution in [-0.4, -0.2) is 17.6 Å². The standard InChI is InChI=1S/C15H21NO2/c1-3-11(2)12-4-6-13(7-5-12)16-14(18)15(10-17)8-9-15/h4-7,11,17H,3,8-10H2,1-2H3,(H,16,18). The van der Waals surface area contributed by atoms with E-state index in [9.17, 15) is 9.90 Å². The van der Waals surface area contributed by atoms with Crippen molar-refractivity contribution in [1.29, 1.82) is 0 Å². The molecule has 0 heterocycles. The summed E-state index contributed by atoms with van der Waals surface area (Å²) in [5.41, 5.74) is 1.60. The maximum absolute atomic E-state index is 11.9. The Labute approximate surface area is 108 Å². The van der Waals surface area contributed by atoms with E-state index in [-0.39, 0.29) is 12.5 Å². The lowest BCUT2D eigenvalue weighted by molar-refractivity contribution is -0.122. The summed E-state index contributed by atoms with van der Waals surface area (Å²) in [6.07, 6.45) is 2.69. The smallest absolute Gasteiger partial charge is 0.232 e. The van der Waals surface area contributed by atoms with E-state index in [1.807, 2.05) is 12.1 Å². The van der Waals surface area contributed by atoms with E-state index < -0.39 is 5.41 Å². The van der Waals surface area contributed by atoms with Crippen LogP contribution in [-0.2, 0) is 4.79 Å². The van der Waals surface area contributed by atoms with Crippen LogP contribution in [0.5, 0.6) is 0 Å². The molecule has 1 unspecified atom stereocenters. The Morgan fingerprint density at radius 2 is 2.00 bits per heavy atom. The van der Waals surface area contributed by atoms with Gasteiger partial charge in [0.15, 0.2) is 0 Å². The Kier molecular flexibility index (Phi) is 3.71. The zero-order chi connectivity index (χ0) is 13.2. The third kappa shape index (κ3) is 2.56. The van der Waals surface area contributed by atoms with E-state index in [0.29, 0.717) is 5.92 Å². The quantitative estimate of drug-likeness (QED) is 0.840. The van der Waals surface area contributed by atoms with Crippen molar-refractivity contribution in [2.45, 2.75) is 39.0 Å². The average Bonchev–Trinajstić information content (AvgIpc) is 3.19. The molecule has 1 saturated carbocycles. The fraction of sp³-hybridized carbons (Fsp3) is 0.533. The van der Waals surface area contributed by atoms with Gasteiger partial charge in [-0.15, -0.1) is 0 Å². The molecular formula is C15H21NO2. The van der Waals surface area contributed by atoms with Crippen molar-refractivity contribution in [2.75, 3.05) is 11.9 Å². The molecular weight excluding hydrogens is 226 g/mol. The third-order valence-corrected chi connectivity index (χ3v) is 3.99. The number of amides is 1. The van der Waals surface area contributed by atoms with Gasteiger partial charge in [-0.1, -0.05) is 26.0 Å². The highest BCUT2D eigenvalue weighted by molar-refractivity contribution is 5.97. The molecule has 2 N–H and O–H groups in total. The number of anilines is 1. The predicted molar refractivity (Wildman–Crippen MR) is 72.5 cm³/mol. The van der Waals surface area contributed by atoms with Crippen molar-refractivity contribution in [3.05, 3.63) is 29.8 Å². The average molecular weight is 247 g/mol. The second-order valence-corrected chi connectivity index (χ2v) is 5.32. The largest absolute Gasteiger partial charge is 0.395 e. The fourth-order valence-corrected chi connectivity index (χ4v) is 2.00. The van der Waals surface area contributed by atoms with Gasteiger partial charge in [0, 0.05) is 5.69 Å². The van der Waals surface area contributed by atoms with E-state index >= 15 is 0 Å². The zero-order valence-electron chi connectivity index (χ0n) is 11.1. The van der Waals surface area contributed by atoms with Gasteiger partial charge in [0.1, 0.15) is 0 Å². The highest BCUT2D eigenvalue weighted by Crippen LogP contribution is 2.45. The number of hydrogen-bond donors (Lipinski definition) is 2. The molecule has 1 fully saturated rings. The minimum Gasteiger partial charge on any atom is -0.395 e. The van der Waals surface area contributed by atoms with Crippen molar-refractivity contribution in [1.82, 2.24) is 0 Å². The molecule has 0 spiro atoms. The summed E-state index contributed by atoms with van der Waals surface area (Å²) in [6.45, 7) is 4.31. The third-order valence-electron chi connectivity index (χ3n) is 3.99. The lowest BCUT2D eigenvalue weighted by atomic mass is 9.98. The minimum absolute atomic E-state index is 0.0518. The Morgan fingerprint density at radius 1 is 1.39 bits per heavy atom. The van der Waals surface area contributed by atoms with Gasteiger partial charge in [0.25, 0.3) is 0 Å². The first-order valence-corrected chi connectivity index (χ1v) is 6.63. The number of rotatable bonds is 5. The van der Waals surface area contributed by atoms with Crippen LogP contribution in [0.15, 0.2) is 24.3 Å². The Morgan fingerprint density at radius 3 is 2.44 bits per heavy atom. The normalized spacial score (nSPS) is 18.2. The summed E-state index contributed by atoms with van der Waals surface area (Å²) in [4.78, 5) is 11.9. The number of nitrogens with one attached hydrogen (secondary N) is 1. The zero-order valence-corrected chi connectivity index (χ0v) is 11.1. The van der Waals surface area contributed by atoms with Crippen molar-refractivity contribution < 1.29 is 9.90 Å². The maximum atomic E-state index is 11.9. The van der Waals surface area contributed by atoms with Crippen LogP contribution in [0.3, 0.4) is 0 Å². The topological polar surface area (TPSA) is 49.3 Å². The lowest BCUT2D eigenvalue weighted by Crippen LogP contribution is -2.27. The SMILES string of the molecule is CCC(C)c1ccc(NC(=O)C2(CO)CC2)cc1. The molecule has 1 aliphatic rings. The van der Waals surface area contributed by atoms with Crippen LogP contribution < -0.4 is 5.32 Å². The summed E-state index contributed by atoms with van der Waals surface area (Å²) in [5.74, 6) is 0.489. The molecule has 3 nitrogen and oxygen atoms in total. The molecule has 1 atom stereocenters. The van der Waals surface area contributed by atoms with Gasteiger partial charge in [-0.05, 0) is 42.9 Å². The predicted octanol–water partition coefficient (Wildman–Crippen LogP) is 2.91.